The Kier molecular flexibility index (Phi) is 2.20. The van der Waals surface area contributed by atoms with E-state index in [1.807, 2.05) is 12.1 Å². The second kappa shape index (κ2) is 3.36. The zero-order chi connectivity index (χ0) is 9.26. The maximum atomic E-state index is 9.34. The smallest absolute Gasteiger partial charge is 0.115 e. The fourth-order valence-corrected chi connectivity index (χ4v) is 1.82. The first-order valence-corrected chi connectivity index (χ1v) is 4.54. The monoisotopic (exact) mass is 178 g/mol. The van der Waals surface area contributed by atoms with Crippen molar-refractivity contribution < 1.29 is 5.11 Å². The Morgan fingerprint density at radius 3 is 3.15 bits per heavy atom. The average molecular weight is 178 g/mol. The van der Waals surface area contributed by atoms with Gasteiger partial charge in [0.05, 0.1) is 0 Å². The summed E-state index contributed by atoms with van der Waals surface area (Å²) in [5, 5.41) is 12.6. The molecule has 0 saturated heterocycles. The molecule has 1 heterocycles. The second-order valence-electron chi connectivity index (χ2n) is 3.45. The Bertz CT molecular complexity index is 312. The summed E-state index contributed by atoms with van der Waals surface area (Å²) in [6, 6.07) is 5.51. The zero-order valence-corrected chi connectivity index (χ0v) is 7.46. The lowest BCUT2D eigenvalue weighted by Gasteiger charge is -2.25. The van der Waals surface area contributed by atoms with Crippen LogP contribution in [0, 0.1) is 0 Å². The van der Waals surface area contributed by atoms with Gasteiger partial charge in [-0.1, -0.05) is 6.07 Å². The first-order chi connectivity index (χ1) is 6.31. The van der Waals surface area contributed by atoms with Crippen molar-refractivity contribution in [2.45, 2.75) is 12.5 Å². The highest BCUT2D eigenvalue weighted by Gasteiger charge is 2.18. The Labute approximate surface area is 77.6 Å². The molecular weight excluding hydrogens is 164 g/mol. The van der Waals surface area contributed by atoms with Crippen molar-refractivity contribution in [3.8, 4) is 5.75 Å². The number of phenolic OH excluding ortho intramolecular Hbond substituents is 1. The molecule has 4 N–H and O–H groups in total. The minimum absolute atomic E-state index is 0.333. The summed E-state index contributed by atoms with van der Waals surface area (Å²) in [5.41, 5.74) is 8.09. The molecule has 0 radical (unpaired) electrons. The van der Waals surface area contributed by atoms with Gasteiger partial charge in [0, 0.05) is 25.6 Å². The highest BCUT2D eigenvalue weighted by molar-refractivity contribution is 5.39. The Morgan fingerprint density at radius 1 is 1.54 bits per heavy atom. The number of nitrogens with one attached hydrogen (secondary N) is 1. The maximum Gasteiger partial charge on any atom is 0.115 e. The van der Waals surface area contributed by atoms with Gasteiger partial charge in [0.15, 0.2) is 0 Å². The van der Waals surface area contributed by atoms with E-state index in [9.17, 15) is 5.11 Å². The summed E-state index contributed by atoms with van der Waals surface area (Å²) in [7, 11) is 0. The SMILES string of the molecule is NCC1CNCc2ccc(O)cc21. The lowest BCUT2D eigenvalue weighted by atomic mass is 9.91. The van der Waals surface area contributed by atoms with Gasteiger partial charge in [0.1, 0.15) is 5.75 Å². The van der Waals surface area contributed by atoms with E-state index in [-0.39, 0.29) is 0 Å². The fraction of sp³-hybridized carbons (Fsp3) is 0.400. The first kappa shape index (κ1) is 8.53. The molecular formula is C10H14N2O. The van der Waals surface area contributed by atoms with Crippen LogP contribution in [0.15, 0.2) is 18.2 Å². The quantitative estimate of drug-likeness (QED) is 0.588. The van der Waals surface area contributed by atoms with Gasteiger partial charge in [0.25, 0.3) is 0 Å². The van der Waals surface area contributed by atoms with Crippen LogP contribution < -0.4 is 11.1 Å². The molecule has 13 heavy (non-hydrogen) atoms. The zero-order valence-electron chi connectivity index (χ0n) is 7.46. The topological polar surface area (TPSA) is 58.3 Å². The number of hydrogen-bond acceptors (Lipinski definition) is 3. The van der Waals surface area contributed by atoms with Crippen LogP contribution in [0.3, 0.4) is 0 Å². The number of nitrogens with two attached hydrogens (primary N) is 1. The normalized spacial score (nSPS) is 21.2. The third-order valence-corrected chi connectivity index (χ3v) is 2.56. The summed E-state index contributed by atoms with van der Waals surface area (Å²) >= 11 is 0. The maximum absolute atomic E-state index is 9.34. The van der Waals surface area contributed by atoms with E-state index in [4.69, 9.17) is 5.73 Å². The molecule has 0 spiro atoms. The van der Waals surface area contributed by atoms with Crippen molar-refractivity contribution in [3.63, 3.8) is 0 Å². The van der Waals surface area contributed by atoms with E-state index in [1.165, 1.54) is 11.1 Å². The summed E-state index contributed by atoms with van der Waals surface area (Å²) in [6.45, 7) is 2.42. The molecule has 1 aliphatic rings. The minimum atomic E-state index is 0.333. The predicted octanol–water partition coefficient (Wildman–Crippen LogP) is 0.538. The number of rotatable bonds is 1. The molecule has 2 rings (SSSR count). The molecule has 1 aromatic rings. The van der Waals surface area contributed by atoms with Crippen LogP contribution in [0.2, 0.25) is 0 Å². The highest BCUT2D eigenvalue weighted by atomic mass is 16.3. The number of benzene rings is 1. The summed E-state index contributed by atoms with van der Waals surface area (Å²) in [6.07, 6.45) is 0. The van der Waals surface area contributed by atoms with E-state index in [0.29, 0.717) is 18.2 Å². The standard InChI is InChI=1S/C10H14N2O/c11-4-8-6-12-5-7-1-2-9(13)3-10(7)8/h1-3,8,12-13H,4-6,11H2. The lowest BCUT2D eigenvalue weighted by molar-refractivity contribution is 0.469. The number of aromatic hydroxyl groups is 1. The molecule has 1 atom stereocenters. The van der Waals surface area contributed by atoms with E-state index >= 15 is 0 Å². The number of hydrogen-bond donors (Lipinski definition) is 3. The molecule has 70 valence electrons. The molecule has 1 aliphatic heterocycles. The third kappa shape index (κ3) is 1.53. The van der Waals surface area contributed by atoms with Crippen LogP contribution in [0.4, 0.5) is 0 Å². The number of phenols is 1. The van der Waals surface area contributed by atoms with Gasteiger partial charge >= 0.3 is 0 Å². The van der Waals surface area contributed by atoms with Crippen molar-refractivity contribution in [1.82, 2.24) is 5.32 Å². The van der Waals surface area contributed by atoms with Crippen LogP contribution in [-0.4, -0.2) is 18.2 Å². The largest absolute Gasteiger partial charge is 0.508 e. The molecule has 0 fully saturated rings. The summed E-state index contributed by atoms with van der Waals surface area (Å²) in [4.78, 5) is 0. The Balaban J connectivity index is 2.41. The predicted molar refractivity (Wildman–Crippen MR) is 51.6 cm³/mol. The van der Waals surface area contributed by atoms with Crippen LogP contribution in [0.1, 0.15) is 17.0 Å². The van der Waals surface area contributed by atoms with Crippen molar-refractivity contribution in [3.05, 3.63) is 29.3 Å². The minimum Gasteiger partial charge on any atom is -0.508 e. The van der Waals surface area contributed by atoms with Crippen LogP contribution in [0.25, 0.3) is 0 Å². The molecule has 3 heteroatoms. The van der Waals surface area contributed by atoms with Gasteiger partial charge in [-0.05, 0) is 23.3 Å². The van der Waals surface area contributed by atoms with Gasteiger partial charge in [-0.25, -0.2) is 0 Å². The number of fused-ring (bicyclic) bond motifs is 1. The first-order valence-electron chi connectivity index (χ1n) is 4.54. The molecule has 0 saturated carbocycles. The molecule has 1 unspecified atom stereocenters. The van der Waals surface area contributed by atoms with Gasteiger partial charge in [-0.15, -0.1) is 0 Å². The third-order valence-electron chi connectivity index (χ3n) is 2.56. The van der Waals surface area contributed by atoms with E-state index in [1.54, 1.807) is 6.07 Å². The van der Waals surface area contributed by atoms with Gasteiger partial charge in [0.2, 0.25) is 0 Å². The van der Waals surface area contributed by atoms with Crippen LogP contribution in [0.5, 0.6) is 5.75 Å². The molecule has 0 amide bonds. The molecule has 0 bridgehead atoms. The van der Waals surface area contributed by atoms with Gasteiger partial charge < -0.3 is 16.2 Å². The molecule has 1 aromatic carbocycles. The van der Waals surface area contributed by atoms with E-state index in [2.05, 4.69) is 5.32 Å². The second-order valence-corrected chi connectivity index (χ2v) is 3.45. The molecule has 3 nitrogen and oxygen atoms in total. The Hall–Kier alpha value is -1.06. The van der Waals surface area contributed by atoms with Crippen molar-refractivity contribution in [2.24, 2.45) is 5.73 Å². The van der Waals surface area contributed by atoms with Crippen molar-refractivity contribution in [2.75, 3.05) is 13.1 Å². The Morgan fingerprint density at radius 2 is 2.38 bits per heavy atom. The van der Waals surface area contributed by atoms with Gasteiger partial charge in [-0.3, -0.25) is 0 Å². The lowest BCUT2D eigenvalue weighted by Crippen LogP contribution is -2.32. The summed E-state index contributed by atoms with van der Waals surface area (Å²) < 4.78 is 0. The van der Waals surface area contributed by atoms with Crippen LogP contribution in [-0.2, 0) is 6.54 Å². The van der Waals surface area contributed by atoms with Crippen molar-refractivity contribution >= 4 is 0 Å². The highest BCUT2D eigenvalue weighted by Crippen LogP contribution is 2.26. The van der Waals surface area contributed by atoms with E-state index in [0.717, 1.165) is 13.1 Å². The molecule has 0 aromatic heterocycles. The van der Waals surface area contributed by atoms with Gasteiger partial charge in [-0.2, -0.15) is 0 Å². The van der Waals surface area contributed by atoms with E-state index < -0.39 is 0 Å². The average Bonchev–Trinajstić information content (AvgIpc) is 2.17. The fourth-order valence-electron chi connectivity index (χ4n) is 1.82. The molecule has 0 aliphatic carbocycles. The van der Waals surface area contributed by atoms with Crippen molar-refractivity contribution in [1.29, 1.82) is 0 Å². The van der Waals surface area contributed by atoms with Crippen LogP contribution >= 0.6 is 0 Å². The summed E-state index contributed by atoms with van der Waals surface area (Å²) in [5.74, 6) is 0.676.